The van der Waals surface area contributed by atoms with Crippen LogP contribution in [0.2, 0.25) is 0 Å². The molecule has 16 rings (SSSR count). The average Bonchev–Trinajstić information content (AvgIpc) is 0.722. The number of aromatic nitrogens is 9. The van der Waals surface area contributed by atoms with E-state index < -0.39 is 5.41 Å². The van der Waals surface area contributed by atoms with Crippen LogP contribution in [0.4, 0.5) is 0 Å². The molecule has 4 aliphatic carbocycles. The lowest BCUT2D eigenvalue weighted by Crippen LogP contribution is -2.43. The highest BCUT2D eigenvalue weighted by Gasteiger charge is 2.47. The Morgan fingerprint density at radius 2 is 0.878 bits per heavy atom. The molecule has 0 radical (unpaired) electrons. The van der Waals surface area contributed by atoms with Crippen molar-refractivity contribution in [2.75, 3.05) is 117 Å². The lowest BCUT2D eigenvalue weighted by atomic mass is 9.64. The maximum Gasteiger partial charge on any atom is 0.259 e. The van der Waals surface area contributed by atoms with Crippen molar-refractivity contribution in [1.29, 1.82) is 36.8 Å². The maximum absolute atomic E-state index is 13.2. The van der Waals surface area contributed by atoms with Gasteiger partial charge in [0.25, 0.3) is 11.1 Å². The van der Waals surface area contributed by atoms with Crippen LogP contribution < -0.4 is 54.9 Å². The van der Waals surface area contributed by atoms with Crippen LogP contribution >= 0.6 is 58.8 Å². The highest BCUT2D eigenvalue weighted by Crippen LogP contribution is 2.55. The summed E-state index contributed by atoms with van der Waals surface area (Å²) in [4.78, 5) is 58.7. The molecule has 0 atom stereocenters. The van der Waals surface area contributed by atoms with Crippen molar-refractivity contribution in [3.05, 3.63) is 193 Å². The van der Waals surface area contributed by atoms with Crippen LogP contribution in [0.1, 0.15) is 111 Å². The van der Waals surface area contributed by atoms with Crippen molar-refractivity contribution in [2.24, 2.45) is 0 Å². The Kier molecular flexibility index (Phi) is 34.7. The normalized spacial score (nSPS) is 14.4. The third-order valence-corrected chi connectivity index (χ3v) is 27.3. The Labute approximate surface area is 785 Å². The minimum Gasteiger partial charge on any atom is -0.497 e. The number of hydrogen-bond acceptors (Lipinski definition) is 31. The summed E-state index contributed by atoms with van der Waals surface area (Å²) in [5, 5.41) is 72.6. The number of hydrogen-bond donors (Lipinski definition) is 2. The molecule has 131 heavy (non-hydrogen) atoms. The number of piperidine rings is 2. The van der Waals surface area contributed by atoms with E-state index in [-0.39, 0.29) is 71.8 Å². The first kappa shape index (κ1) is 99.1. The second-order valence-corrected chi connectivity index (χ2v) is 37.1. The second kappa shape index (κ2) is 45.9. The minimum atomic E-state index is -0.406. The molecular weight excluding hydrogens is 1750 g/mol. The fourth-order valence-corrected chi connectivity index (χ4v) is 20.6. The van der Waals surface area contributed by atoms with Crippen LogP contribution in [0.3, 0.4) is 0 Å². The molecule has 0 bridgehead atoms. The van der Waals surface area contributed by atoms with E-state index in [9.17, 15) is 9.59 Å². The number of rotatable bonds is 25. The Balaban J connectivity index is 0.000000158. The monoisotopic (exact) mass is 1850 g/mol. The van der Waals surface area contributed by atoms with Gasteiger partial charge < -0.3 is 48.5 Å². The van der Waals surface area contributed by atoms with E-state index in [1.54, 1.807) is 65.1 Å². The number of ether oxygens (including phenoxy) is 8. The summed E-state index contributed by atoms with van der Waals surface area (Å²) in [6, 6.07) is 50.5. The first-order valence-electron chi connectivity index (χ1n) is 42.0. The van der Waals surface area contributed by atoms with E-state index >= 15 is 0 Å². The van der Waals surface area contributed by atoms with Crippen molar-refractivity contribution < 1.29 is 37.9 Å². The highest BCUT2D eigenvalue weighted by atomic mass is 32.2. The smallest absolute Gasteiger partial charge is 0.259 e. The van der Waals surface area contributed by atoms with Gasteiger partial charge >= 0.3 is 0 Å². The highest BCUT2D eigenvalue weighted by molar-refractivity contribution is 8.00. The molecule has 0 saturated carbocycles. The fourth-order valence-electron chi connectivity index (χ4n) is 17.5. The molecule has 10 aromatic rings. The molecule has 5 aromatic carbocycles. The summed E-state index contributed by atoms with van der Waals surface area (Å²) >= 11 is 6.66. The Morgan fingerprint density at radius 1 is 0.443 bits per heavy atom. The SMILES string of the molecule is C.C=CCn1c(SCCOC)cc(-c2ccccc2)c(C)c1=O.COc1ccc2c(c1)-c1nc(SCC#N)n(CC#N)c(=O)c1C(C)(C)C2.COc1ccc2c(c1)-c1nc(SCC#N)nc(OCC#N)c1C(C)(C)C2.COc1ccc2c(c1)CC1(CCNCC1)c1c(OC)nc(SCC#N)nc1-2.COc1ccc2c(c1)CC1(CCNCC1)c1c(OCC#N)nc(SCC#N)nc1-2. The number of pyridine rings is 1. The fraction of sp³-hybridized carbons (Fsp3) is 0.388. The van der Waals surface area contributed by atoms with E-state index in [1.807, 2.05) is 124 Å². The molecule has 0 amide bonds. The largest absolute Gasteiger partial charge is 0.497 e. The van der Waals surface area contributed by atoms with E-state index in [2.05, 4.69) is 94.6 Å². The predicted octanol–water partition coefficient (Wildman–Crippen LogP) is 16.6. The average molecular weight is 1850 g/mol. The van der Waals surface area contributed by atoms with E-state index in [0.29, 0.717) is 80.6 Å². The Hall–Kier alpha value is -12.4. The topological polar surface area (TPSA) is 399 Å². The van der Waals surface area contributed by atoms with Crippen molar-refractivity contribution >= 4 is 58.8 Å². The van der Waals surface area contributed by atoms with Gasteiger partial charge in [0.2, 0.25) is 17.6 Å². The zero-order valence-corrected chi connectivity index (χ0v) is 78.6. The summed E-state index contributed by atoms with van der Waals surface area (Å²) in [5.74, 6) is 6.43. The Morgan fingerprint density at radius 3 is 1.33 bits per heavy atom. The molecule has 2 spiro atoms. The van der Waals surface area contributed by atoms with Crippen LogP contribution in [0.25, 0.3) is 56.2 Å². The van der Waals surface area contributed by atoms with Crippen LogP contribution in [-0.2, 0) is 65.2 Å². The number of fused-ring (bicyclic) bond motifs is 14. The number of nitrogens with one attached hydrogen (secondary N) is 2. The summed E-state index contributed by atoms with van der Waals surface area (Å²) in [6.07, 6.45) is 8.94. The van der Waals surface area contributed by atoms with Gasteiger partial charge in [0, 0.05) is 91.1 Å². The molecule has 676 valence electrons. The van der Waals surface area contributed by atoms with Crippen molar-refractivity contribution in [1.82, 2.24) is 54.7 Å². The molecule has 2 saturated heterocycles. The standard InChI is InChI=1S/C21H21N5O2S.C20H22N4O2S.2C19H18N4O2S.C18H21NO2S.CH4/c1-27-15-2-3-16-14(12-15)13-21(4-8-24-9-5-21)17-18(16)25-20(29-11-7-23)26-19(17)28-10-6-22;1-25-14-3-4-15-13(11-14)12-20(5-8-22-9-6-20)16-17(15)23-19(27-10-7-21)24-18(16)26-2;1-19(2)11-12-4-5-13(24-3)10-14(12)16-15(19)17(25-8-6-20)23-18(22-16)26-9-7-21;1-19(2)11-12-4-5-13(25-3)10-14(12)16-15(19)17(24)23(8-6-20)18(22-16)26-9-7-21;1-4-10-19-17(22-12-11-21-3)13-16(14(2)18(19)20)15-8-6-5-7-9-15;/h2-3,12,24H,4-5,8-11,13H2,1H3;3-4,11,22H,5-6,8-10,12H2,1-2H3;2*4-5,10H,8-9,11H2,1-3H3;4-9,13H,1,10-12H2,2-3H3;1H4. The maximum atomic E-state index is 13.2. The van der Waals surface area contributed by atoms with Crippen molar-refractivity contribution in [3.8, 4) is 139 Å². The molecular formula is C98H104N18O10S5. The lowest BCUT2D eigenvalue weighted by molar-refractivity contribution is 0.218. The summed E-state index contributed by atoms with van der Waals surface area (Å²) in [7, 11) is 9.95. The molecule has 33 heteroatoms. The van der Waals surface area contributed by atoms with E-state index in [0.717, 1.165) is 177 Å². The van der Waals surface area contributed by atoms with Gasteiger partial charge in [-0.25, -0.2) is 19.9 Å². The van der Waals surface area contributed by atoms with Gasteiger partial charge in [0.1, 0.15) is 41.7 Å². The van der Waals surface area contributed by atoms with Gasteiger partial charge in [-0.15, -0.1) is 18.3 Å². The number of nitriles is 7. The molecule has 0 unspecified atom stereocenters. The number of methoxy groups -OCH3 is 6. The number of nitrogens with zero attached hydrogens (tertiary/aromatic N) is 16. The van der Waals surface area contributed by atoms with Gasteiger partial charge in [0.15, 0.2) is 33.8 Å². The number of thioether (sulfide) groups is 5. The Bertz CT molecular complexity index is 6290. The third-order valence-electron chi connectivity index (χ3n) is 23.3. The first-order chi connectivity index (χ1) is 63.0. The summed E-state index contributed by atoms with van der Waals surface area (Å²) in [6.45, 7) is 18.6. The molecule has 28 nitrogen and oxygen atoms in total. The summed E-state index contributed by atoms with van der Waals surface area (Å²) < 4.78 is 47.0. The van der Waals surface area contributed by atoms with Crippen LogP contribution in [-0.4, -0.2) is 161 Å². The minimum absolute atomic E-state index is 0. The van der Waals surface area contributed by atoms with E-state index in [1.165, 1.54) is 68.3 Å². The zero-order valence-electron chi connectivity index (χ0n) is 74.5. The van der Waals surface area contributed by atoms with Gasteiger partial charge in [-0.1, -0.05) is 131 Å². The zero-order chi connectivity index (χ0) is 92.7. The van der Waals surface area contributed by atoms with Gasteiger partial charge in [-0.3, -0.25) is 18.7 Å². The van der Waals surface area contributed by atoms with Crippen LogP contribution in [0.5, 0.6) is 40.6 Å². The van der Waals surface area contributed by atoms with Gasteiger partial charge in [-0.2, -0.15) is 51.8 Å². The molecule has 7 heterocycles. The number of allylic oxidation sites excluding steroid dienone is 1. The molecule has 2 fully saturated rings. The summed E-state index contributed by atoms with van der Waals surface area (Å²) in [5.41, 5.74) is 17.3. The predicted molar refractivity (Wildman–Crippen MR) is 511 cm³/mol. The van der Waals surface area contributed by atoms with Crippen molar-refractivity contribution in [2.45, 2.75) is 154 Å². The second-order valence-electron chi connectivity index (χ2n) is 32.2. The molecule has 5 aromatic heterocycles. The molecule has 2 aliphatic heterocycles. The van der Waals surface area contributed by atoms with Gasteiger partial charge in [-0.05, 0) is 185 Å². The molecule has 6 aliphatic rings. The quantitative estimate of drug-likeness (QED) is 0.0232. The number of benzene rings is 5. The third kappa shape index (κ3) is 22.4. The first-order valence-corrected chi connectivity index (χ1v) is 46.9. The van der Waals surface area contributed by atoms with E-state index in [4.69, 9.17) is 94.7 Å². The molecule has 2 N–H and O–H groups in total. The van der Waals surface area contributed by atoms with Crippen molar-refractivity contribution in [3.63, 3.8) is 0 Å². The van der Waals surface area contributed by atoms with Crippen LogP contribution in [0.15, 0.2) is 157 Å². The lowest BCUT2D eigenvalue weighted by Gasteiger charge is -2.42. The van der Waals surface area contributed by atoms with Gasteiger partial charge in [0.05, 0.1) is 123 Å². The van der Waals surface area contributed by atoms with Crippen LogP contribution in [0, 0.1) is 86.2 Å².